The number of amides is 2. The molecule has 92 valence electrons. The number of carbonyl (C=O) groups is 2. The number of carbonyl (C=O) groups excluding carboxylic acids is 2. The number of sulfone groups is 1. The van der Waals surface area contributed by atoms with Gasteiger partial charge in [-0.05, 0) is 0 Å². The van der Waals surface area contributed by atoms with Crippen molar-refractivity contribution in [3.63, 3.8) is 0 Å². The van der Waals surface area contributed by atoms with Gasteiger partial charge in [0.05, 0.1) is 18.2 Å². The summed E-state index contributed by atoms with van der Waals surface area (Å²) in [6.07, 6.45) is 0.113. The molecule has 1 heterocycles. The maximum Gasteiger partial charge on any atom is 0.246 e. The molecule has 1 fully saturated rings. The summed E-state index contributed by atoms with van der Waals surface area (Å²) in [6, 6.07) is -0.565. The molecule has 0 spiro atoms. The molecule has 1 saturated heterocycles. The predicted octanol–water partition coefficient (Wildman–Crippen LogP) is -1.23. The second-order valence-corrected chi connectivity index (χ2v) is 6.21. The third kappa shape index (κ3) is 3.02. The highest BCUT2D eigenvalue weighted by Gasteiger charge is 2.35. The molecule has 2 amide bonds. The van der Waals surface area contributed by atoms with Gasteiger partial charge in [-0.15, -0.1) is 0 Å². The molecule has 0 saturated carbocycles. The van der Waals surface area contributed by atoms with Crippen LogP contribution in [-0.4, -0.2) is 56.3 Å². The molecule has 6 nitrogen and oxygen atoms in total. The number of hydrogen-bond donors (Lipinski definition) is 1. The SMILES string of the molecule is CCS(=O)(=O)CCNC1CC(=O)N(C)C1=O. The largest absolute Gasteiger partial charge is 0.304 e. The topological polar surface area (TPSA) is 83.6 Å². The van der Waals surface area contributed by atoms with Gasteiger partial charge in [-0.2, -0.15) is 0 Å². The van der Waals surface area contributed by atoms with Gasteiger partial charge in [-0.3, -0.25) is 14.5 Å². The van der Waals surface area contributed by atoms with Crippen molar-refractivity contribution >= 4 is 21.7 Å². The first-order valence-electron chi connectivity index (χ1n) is 5.11. The monoisotopic (exact) mass is 248 g/mol. The Hall–Kier alpha value is -0.950. The molecule has 0 aromatic rings. The average molecular weight is 248 g/mol. The van der Waals surface area contributed by atoms with E-state index in [4.69, 9.17) is 0 Å². The molecular formula is C9H16N2O4S. The van der Waals surface area contributed by atoms with Crippen LogP contribution in [0.25, 0.3) is 0 Å². The van der Waals surface area contributed by atoms with Crippen molar-refractivity contribution in [3.05, 3.63) is 0 Å². The Morgan fingerprint density at radius 3 is 2.50 bits per heavy atom. The van der Waals surface area contributed by atoms with E-state index in [0.29, 0.717) is 0 Å². The van der Waals surface area contributed by atoms with E-state index in [2.05, 4.69) is 5.32 Å². The van der Waals surface area contributed by atoms with E-state index in [1.165, 1.54) is 7.05 Å². The number of imide groups is 1. The molecule has 7 heteroatoms. The van der Waals surface area contributed by atoms with Gasteiger partial charge >= 0.3 is 0 Å². The first-order chi connectivity index (χ1) is 7.37. The van der Waals surface area contributed by atoms with E-state index < -0.39 is 15.9 Å². The van der Waals surface area contributed by atoms with Crippen LogP contribution in [0.2, 0.25) is 0 Å². The zero-order valence-corrected chi connectivity index (χ0v) is 10.2. The van der Waals surface area contributed by atoms with Crippen LogP contribution in [0.4, 0.5) is 0 Å². The molecule has 1 aliphatic heterocycles. The van der Waals surface area contributed by atoms with Crippen LogP contribution in [-0.2, 0) is 19.4 Å². The van der Waals surface area contributed by atoms with Crippen LogP contribution < -0.4 is 5.32 Å². The first-order valence-corrected chi connectivity index (χ1v) is 6.93. The van der Waals surface area contributed by atoms with Crippen molar-refractivity contribution in [2.24, 2.45) is 0 Å². The standard InChI is InChI=1S/C9H16N2O4S/c1-3-16(14,15)5-4-10-7-6-8(12)11(2)9(7)13/h7,10H,3-6H2,1-2H3. The van der Waals surface area contributed by atoms with Gasteiger partial charge in [0.2, 0.25) is 11.8 Å². The summed E-state index contributed by atoms with van der Waals surface area (Å²) in [5.74, 6) is -0.447. The van der Waals surface area contributed by atoms with Crippen molar-refractivity contribution in [2.45, 2.75) is 19.4 Å². The van der Waals surface area contributed by atoms with Crippen LogP contribution in [0.1, 0.15) is 13.3 Å². The van der Waals surface area contributed by atoms with Gasteiger partial charge in [0.1, 0.15) is 0 Å². The van der Waals surface area contributed by atoms with Gasteiger partial charge < -0.3 is 5.32 Å². The third-order valence-electron chi connectivity index (χ3n) is 2.63. The van der Waals surface area contributed by atoms with Crippen LogP contribution in [0.3, 0.4) is 0 Å². The highest BCUT2D eigenvalue weighted by atomic mass is 32.2. The highest BCUT2D eigenvalue weighted by Crippen LogP contribution is 2.09. The minimum Gasteiger partial charge on any atom is -0.304 e. The van der Waals surface area contributed by atoms with E-state index in [-0.39, 0.29) is 36.3 Å². The summed E-state index contributed by atoms with van der Waals surface area (Å²) in [6.45, 7) is 1.78. The Bertz CT molecular complexity index is 390. The van der Waals surface area contributed by atoms with E-state index in [1.54, 1.807) is 6.92 Å². The van der Waals surface area contributed by atoms with Crippen LogP contribution in [0.5, 0.6) is 0 Å². The molecule has 0 aromatic carbocycles. The van der Waals surface area contributed by atoms with Gasteiger partial charge in [0.15, 0.2) is 9.84 Å². The van der Waals surface area contributed by atoms with E-state index >= 15 is 0 Å². The van der Waals surface area contributed by atoms with Gasteiger partial charge in [0, 0.05) is 19.3 Å². The van der Waals surface area contributed by atoms with Crippen molar-refractivity contribution in [2.75, 3.05) is 25.1 Å². The normalized spacial score (nSPS) is 21.9. The lowest BCUT2D eigenvalue weighted by molar-refractivity contribution is -0.137. The number of likely N-dealkylation sites (tertiary alicyclic amines) is 1. The number of rotatable bonds is 5. The average Bonchev–Trinajstić information content (AvgIpc) is 2.46. The molecule has 1 rings (SSSR count). The van der Waals surface area contributed by atoms with E-state index in [9.17, 15) is 18.0 Å². The van der Waals surface area contributed by atoms with Crippen molar-refractivity contribution in [1.82, 2.24) is 10.2 Å². The van der Waals surface area contributed by atoms with Gasteiger partial charge in [-0.1, -0.05) is 6.92 Å². The van der Waals surface area contributed by atoms with Crippen molar-refractivity contribution in [1.29, 1.82) is 0 Å². The van der Waals surface area contributed by atoms with E-state index in [1.807, 2.05) is 0 Å². The molecule has 1 aliphatic rings. The van der Waals surface area contributed by atoms with E-state index in [0.717, 1.165) is 4.90 Å². The molecule has 0 aromatic heterocycles. The second-order valence-electron chi connectivity index (χ2n) is 3.74. The molecule has 1 unspecified atom stereocenters. The van der Waals surface area contributed by atoms with Gasteiger partial charge in [0.25, 0.3) is 0 Å². The Labute approximate surface area is 94.9 Å². The lowest BCUT2D eigenvalue weighted by Crippen LogP contribution is -2.39. The fraction of sp³-hybridized carbons (Fsp3) is 0.778. The van der Waals surface area contributed by atoms with Gasteiger partial charge in [-0.25, -0.2) is 8.42 Å². The summed E-state index contributed by atoms with van der Waals surface area (Å²) < 4.78 is 22.4. The summed E-state index contributed by atoms with van der Waals surface area (Å²) in [7, 11) is -1.60. The summed E-state index contributed by atoms with van der Waals surface area (Å²) >= 11 is 0. The Kier molecular flexibility index (Phi) is 4.03. The zero-order chi connectivity index (χ0) is 12.3. The molecule has 1 atom stereocenters. The predicted molar refractivity (Wildman–Crippen MR) is 58.5 cm³/mol. The van der Waals surface area contributed by atoms with Crippen molar-refractivity contribution < 1.29 is 18.0 Å². The number of hydrogen-bond acceptors (Lipinski definition) is 5. The highest BCUT2D eigenvalue weighted by molar-refractivity contribution is 7.91. The van der Waals surface area contributed by atoms with Crippen LogP contribution in [0, 0.1) is 0 Å². The first kappa shape index (κ1) is 13.1. The Morgan fingerprint density at radius 1 is 1.44 bits per heavy atom. The number of nitrogens with one attached hydrogen (secondary N) is 1. The summed E-state index contributed by atoms with van der Waals surface area (Å²) in [5, 5.41) is 2.79. The second kappa shape index (κ2) is 4.92. The minimum atomic E-state index is -3.03. The summed E-state index contributed by atoms with van der Waals surface area (Å²) in [5.41, 5.74) is 0. The molecular weight excluding hydrogens is 232 g/mol. The number of nitrogens with zero attached hydrogens (tertiary/aromatic N) is 1. The van der Waals surface area contributed by atoms with Crippen LogP contribution >= 0.6 is 0 Å². The summed E-state index contributed by atoms with van der Waals surface area (Å²) in [4.78, 5) is 23.7. The molecule has 0 aliphatic carbocycles. The Balaban J connectivity index is 2.41. The third-order valence-corrected chi connectivity index (χ3v) is 4.33. The lowest BCUT2D eigenvalue weighted by atomic mass is 10.2. The fourth-order valence-electron chi connectivity index (χ4n) is 1.45. The number of likely N-dealkylation sites (N-methyl/N-ethyl adjacent to an activating group) is 1. The minimum absolute atomic E-state index is 0.00875. The smallest absolute Gasteiger partial charge is 0.246 e. The fourth-order valence-corrected chi connectivity index (χ4v) is 2.17. The van der Waals surface area contributed by atoms with Crippen molar-refractivity contribution in [3.8, 4) is 0 Å². The maximum absolute atomic E-state index is 11.4. The maximum atomic E-state index is 11.4. The quantitative estimate of drug-likeness (QED) is 0.616. The zero-order valence-electron chi connectivity index (χ0n) is 9.39. The lowest BCUT2D eigenvalue weighted by Gasteiger charge is -2.10. The molecule has 16 heavy (non-hydrogen) atoms. The van der Waals surface area contributed by atoms with Crippen LogP contribution in [0.15, 0.2) is 0 Å². The molecule has 1 N–H and O–H groups in total. The molecule has 0 bridgehead atoms. The Morgan fingerprint density at radius 2 is 2.06 bits per heavy atom. The molecule has 0 radical (unpaired) electrons.